The van der Waals surface area contributed by atoms with E-state index in [-0.39, 0.29) is 16.5 Å². The zero-order valence-corrected chi connectivity index (χ0v) is 13.6. The number of esters is 1. The molecule has 120 valence electrons. The second-order valence-electron chi connectivity index (χ2n) is 4.65. The summed E-state index contributed by atoms with van der Waals surface area (Å²) >= 11 is 7.32. The van der Waals surface area contributed by atoms with Gasteiger partial charge in [-0.2, -0.15) is 0 Å². The quantitative estimate of drug-likeness (QED) is 0.225. The van der Waals surface area contributed by atoms with Gasteiger partial charge in [0.1, 0.15) is 10.8 Å². The molecule has 0 atom stereocenters. The van der Waals surface area contributed by atoms with Gasteiger partial charge in [-0.1, -0.05) is 23.7 Å². The van der Waals surface area contributed by atoms with E-state index in [2.05, 4.69) is 4.98 Å². The number of thiazole rings is 1. The summed E-state index contributed by atoms with van der Waals surface area (Å²) < 4.78 is 6.09. The molecule has 1 heterocycles. The van der Waals surface area contributed by atoms with Crippen LogP contribution in [0.15, 0.2) is 48.5 Å². The van der Waals surface area contributed by atoms with Crippen molar-refractivity contribution in [3.8, 4) is 5.75 Å². The highest BCUT2D eigenvalue weighted by molar-refractivity contribution is 7.19. The van der Waals surface area contributed by atoms with E-state index >= 15 is 0 Å². The van der Waals surface area contributed by atoms with E-state index in [1.165, 1.54) is 29.5 Å². The van der Waals surface area contributed by atoms with E-state index in [0.717, 1.165) is 16.3 Å². The molecule has 0 amide bonds. The van der Waals surface area contributed by atoms with Crippen molar-refractivity contribution >= 4 is 50.9 Å². The number of halogens is 1. The number of aromatic nitrogens is 1. The number of rotatable bonds is 4. The molecule has 0 radical (unpaired) electrons. The number of nitro benzene ring substituents is 1. The summed E-state index contributed by atoms with van der Waals surface area (Å²) in [6, 6.07) is 11.3. The lowest BCUT2D eigenvalue weighted by atomic mass is 10.3. The number of hydrogen-bond donors (Lipinski definition) is 0. The van der Waals surface area contributed by atoms with Crippen molar-refractivity contribution in [2.75, 3.05) is 0 Å². The Morgan fingerprint density at radius 3 is 2.79 bits per heavy atom. The van der Waals surface area contributed by atoms with Crippen molar-refractivity contribution < 1.29 is 14.5 Å². The lowest BCUT2D eigenvalue weighted by molar-refractivity contribution is -0.384. The van der Waals surface area contributed by atoms with Gasteiger partial charge in [-0.25, -0.2) is 9.78 Å². The minimum Gasteiger partial charge on any atom is -0.422 e. The third-order valence-corrected chi connectivity index (χ3v) is 4.31. The van der Waals surface area contributed by atoms with Crippen LogP contribution in [-0.4, -0.2) is 15.9 Å². The molecule has 0 unspecified atom stereocenters. The highest BCUT2D eigenvalue weighted by atomic mass is 35.5. The first-order chi connectivity index (χ1) is 11.5. The van der Waals surface area contributed by atoms with Crippen molar-refractivity contribution in [3.05, 3.63) is 68.7 Å². The zero-order chi connectivity index (χ0) is 17.1. The van der Waals surface area contributed by atoms with Crippen LogP contribution in [0.5, 0.6) is 5.75 Å². The Morgan fingerprint density at radius 1 is 1.29 bits per heavy atom. The number of non-ortho nitro benzene ring substituents is 1. The maximum Gasteiger partial charge on any atom is 0.336 e. The number of benzene rings is 2. The predicted octanol–water partition coefficient (Wildman–Crippen LogP) is 4.48. The summed E-state index contributed by atoms with van der Waals surface area (Å²) in [4.78, 5) is 26.3. The summed E-state index contributed by atoms with van der Waals surface area (Å²) in [5, 5.41) is 11.3. The van der Waals surface area contributed by atoms with Crippen molar-refractivity contribution in [3.63, 3.8) is 0 Å². The fraction of sp³-hybridized carbons (Fsp3) is 0. The smallest absolute Gasteiger partial charge is 0.336 e. The normalized spacial score (nSPS) is 11.0. The van der Waals surface area contributed by atoms with Gasteiger partial charge >= 0.3 is 5.97 Å². The number of carbonyl (C=O) groups is 1. The van der Waals surface area contributed by atoms with Gasteiger partial charge in [0.15, 0.2) is 0 Å². The number of nitrogens with zero attached hydrogens (tertiary/aromatic N) is 2. The molecule has 0 bridgehead atoms. The van der Waals surface area contributed by atoms with Gasteiger partial charge in [0.25, 0.3) is 5.69 Å². The number of fused-ring (bicyclic) bond motifs is 1. The van der Waals surface area contributed by atoms with Crippen LogP contribution in [0.25, 0.3) is 16.3 Å². The summed E-state index contributed by atoms with van der Waals surface area (Å²) in [5.41, 5.74) is 0.679. The van der Waals surface area contributed by atoms with E-state index < -0.39 is 10.9 Å². The van der Waals surface area contributed by atoms with Crippen LogP contribution in [-0.2, 0) is 4.79 Å². The SMILES string of the molecule is O=C(/C=C/c1nc2ccccc2s1)Oc1ccc([N+](=O)[O-])cc1Cl. The highest BCUT2D eigenvalue weighted by Gasteiger charge is 2.12. The molecule has 0 spiro atoms. The Labute approximate surface area is 145 Å². The number of hydrogen-bond acceptors (Lipinski definition) is 6. The lowest BCUT2D eigenvalue weighted by Gasteiger charge is -2.03. The van der Waals surface area contributed by atoms with Crippen molar-refractivity contribution in [1.29, 1.82) is 0 Å². The minimum atomic E-state index is -0.648. The van der Waals surface area contributed by atoms with Crippen LogP contribution in [0, 0.1) is 10.1 Å². The number of carbonyl (C=O) groups excluding carboxylic acids is 1. The van der Waals surface area contributed by atoms with E-state index in [0.29, 0.717) is 5.01 Å². The molecule has 0 N–H and O–H groups in total. The average molecular weight is 361 g/mol. The van der Waals surface area contributed by atoms with Crippen LogP contribution in [0.1, 0.15) is 5.01 Å². The second-order valence-corrected chi connectivity index (χ2v) is 6.12. The Bertz CT molecular complexity index is 935. The molecule has 6 nitrogen and oxygen atoms in total. The minimum absolute atomic E-state index is 0.00839. The molecule has 0 aliphatic rings. The van der Waals surface area contributed by atoms with E-state index in [1.807, 2.05) is 24.3 Å². The maximum atomic E-state index is 11.8. The molecule has 24 heavy (non-hydrogen) atoms. The molecule has 2 aromatic carbocycles. The molecule has 0 saturated carbocycles. The average Bonchev–Trinajstić information content (AvgIpc) is 2.97. The van der Waals surface area contributed by atoms with Gasteiger partial charge in [0.05, 0.1) is 20.2 Å². The van der Waals surface area contributed by atoms with E-state index in [9.17, 15) is 14.9 Å². The van der Waals surface area contributed by atoms with Crippen LogP contribution < -0.4 is 4.74 Å². The van der Waals surface area contributed by atoms with Gasteiger partial charge in [0, 0.05) is 18.2 Å². The molecule has 0 aliphatic carbocycles. The van der Waals surface area contributed by atoms with E-state index in [1.54, 1.807) is 6.08 Å². The predicted molar refractivity (Wildman–Crippen MR) is 92.4 cm³/mol. The summed E-state index contributed by atoms with van der Waals surface area (Å²) in [5.74, 6) is -0.591. The van der Waals surface area contributed by atoms with Crippen LogP contribution in [0.4, 0.5) is 5.69 Å². The Kier molecular flexibility index (Phi) is 4.54. The standard InChI is InChI=1S/C16H9ClN2O4S/c17-11-9-10(19(21)22)5-6-13(11)23-16(20)8-7-15-18-12-3-1-2-4-14(12)24-15/h1-9H/b8-7+. The first-order valence-electron chi connectivity index (χ1n) is 6.72. The number of ether oxygens (including phenoxy) is 1. The Balaban J connectivity index is 1.72. The largest absolute Gasteiger partial charge is 0.422 e. The van der Waals surface area contributed by atoms with Crippen molar-refractivity contribution in [2.24, 2.45) is 0 Å². The molecule has 8 heteroatoms. The number of para-hydroxylation sites is 1. The summed E-state index contributed by atoms with van der Waals surface area (Å²) in [6.45, 7) is 0. The Morgan fingerprint density at radius 2 is 2.08 bits per heavy atom. The van der Waals surface area contributed by atoms with Crippen molar-refractivity contribution in [2.45, 2.75) is 0 Å². The van der Waals surface area contributed by atoms with Crippen LogP contribution in [0.3, 0.4) is 0 Å². The molecule has 0 fully saturated rings. The molecular formula is C16H9ClN2O4S. The number of nitro groups is 1. The lowest BCUT2D eigenvalue weighted by Crippen LogP contribution is -2.04. The van der Waals surface area contributed by atoms with Gasteiger partial charge < -0.3 is 4.74 Å². The third-order valence-electron chi connectivity index (χ3n) is 3.01. The molecule has 3 aromatic rings. The fourth-order valence-electron chi connectivity index (χ4n) is 1.93. The highest BCUT2D eigenvalue weighted by Crippen LogP contribution is 2.29. The van der Waals surface area contributed by atoms with Gasteiger partial charge in [0.2, 0.25) is 0 Å². The molecule has 1 aromatic heterocycles. The monoisotopic (exact) mass is 360 g/mol. The molecule has 0 aliphatic heterocycles. The first-order valence-corrected chi connectivity index (χ1v) is 7.92. The van der Waals surface area contributed by atoms with E-state index in [4.69, 9.17) is 16.3 Å². The molecular weight excluding hydrogens is 352 g/mol. The maximum absolute atomic E-state index is 11.8. The Hall–Kier alpha value is -2.77. The fourth-order valence-corrected chi connectivity index (χ4v) is 3.01. The third kappa shape index (κ3) is 3.58. The first kappa shape index (κ1) is 16.1. The van der Waals surface area contributed by atoms with Gasteiger partial charge in [-0.15, -0.1) is 11.3 Å². The van der Waals surface area contributed by atoms with Crippen molar-refractivity contribution in [1.82, 2.24) is 4.98 Å². The zero-order valence-electron chi connectivity index (χ0n) is 12.0. The molecule has 3 rings (SSSR count). The topological polar surface area (TPSA) is 82.3 Å². The summed E-state index contributed by atoms with van der Waals surface area (Å²) in [7, 11) is 0. The van der Waals surface area contributed by atoms with Crippen LogP contribution in [0.2, 0.25) is 5.02 Å². The second kappa shape index (κ2) is 6.77. The van der Waals surface area contributed by atoms with Gasteiger partial charge in [-0.05, 0) is 24.3 Å². The van der Waals surface area contributed by atoms with Crippen LogP contribution >= 0.6 is 22.9 Å². The molecule has 0 saturated heterocycles. The van der Waals surface area contributed by atoms with Gasteiger partial charge in [-0.3, -0.25) is 10.1 Å². The summed E-state index contributed by atoms with van der Waals surface area (Å²) in [6.07, 6.45) is 2.78.